The van der Waals surface area contributed by atoms with Crippen molar-refractivity contribution in [1.29, 1.82) is 5.26 Å². The fourth-order valence-electron chi connectivity index (χ4n) is 1.42. The maximum absolute atomic E-state index is 13.0. The van der Waals surface area contributed by atoms with Crippen molar-refractivity contribution in [2.45, 2.75) is 19.9 Å². The minimum Gasteiger partial charge on any atom is -0.301 e. The molecule has 0 heterocycles. The summed E-state index contributed by atoms with van der Waals surface area (Å²) in [7, 11) is 1.93. The number of hydrogen-bond donors (Lipinski definition) is 0. The fourth-order valence-corrected chi connectivity index (χ4v) is 1.42. The molecule has 80 valence electrons. The highest BCUT2D eigenvalue weighted by Crippen LogP contribution is 2.12. The van der Waals surface area contributed by atoms with Crippen molar-refractivity contribution in [2.24, 2.45) is 0 Å². The van der Waals surface area contributed by atoms with Crippen LogP contribution in [0.4, 0.5) is 4.39 Å². The number of nitriles is 1. The van der Waals surface area contributed by atoms with Gasteiger partial charge in [0.05, 0.1) is 6.07 Å². The first-order chi connectivity index (χ1) is 7.13. The normalized spacial score (nSPS) is 10.3. The summed E-state index contributed by atoms with van der Waals surface area (Å²) in [5, 5.41) is 8.44. The zero-order valence-corrected chi connectivity index (χ0v) is 9.13. The van der Waals surface area contributed by atoms with E-state index in [0.717, 1.165) is 11.1 Å². The monoisotopic (exact) mass is 206 g/mol. The third-order valence-electron chi connectivity index (χ3n) is 2.36. The van der Waals surface area contributed by atoms with Crippen molar-refractivity contribution >= 4 is 0 Å². The zero-order chi connectivity index (χ0) is 11.3. The second-order valence-electron chi connectivity index (χ2n) is 3.72. The Morgan fingerprint density at radius 2 is 2.20 bits per heavy atom. The van der Waals surface area contributed by atoms with Gasteiger partial charge in [-0.3, -0.25) is 0 Å². The lowest BCUT2D eigenvalue weighted by molar-refractivity contribution is 0.333. The fraction of sp³-hybridized carbons (Fsp3) is 0.417. The highest BCUT2D eigenvalue weighted by molar-refractivity contribution is 5.26. The van der Waals surface area contributed by atoms with Gasteiger partial charge in [-0.05, 0) is 37.2 Å². The van der Waals surface area contributed by atoms with Crippen LogP contribution in [0.15, 0.2) is 18.2 Å². The molecule has 3 heteroatoms. The Kier molecular flexibility index (Phi) is 4.26. The number of rotatable bonds is 4. The molecule has 15 heavy (non-hydrogen) atoms. The van der Waals surface area contributed by atoms with Crippen molar-refractivity contribution in [3.63, 3.8) is 0 Å². The Morgan fingerprint density at radius 1 is 1.47 bits per heavy atom. The largest absolute Gasteiger partial charge is 0.301 e. The van der Waals surface area contributed by atoms with E-state index >= 15 is 0 Å². The van der Waals surface area contributed by atoms with Gasteiger partial charge in [-0.15, -0.1) is 0 Å². The van der Waals surface area contributed by atoms with E-state index in [2.05, 4.69) is 6.07 Å². The molecule has 0 spiro atoms. The predicted molar refractivity (Wildman–Crippen MR) is 57.7 cm³/mol. The van der Waals surface area contributed by atoms with Crippen molar-refractivity contribution in [2.75, 3.05) is 13.6 Å². The lowest BCUT2D eigenvalue weighted by Gasteiger charge is -2.16. The third-order valence-corrected chi connectivity index (χ3v) is 2.36. The molecule has 2 nitrogen and oxygen atoms in total. The first-order valence-electron chi connectivity index (χ1n) is 4.94. The van der Waals surface area contributed by atoms with E-state index in [1.54, 1.807) is 12.1 Å². The topological polar surface area (TPSA) is 27.0 Å². The van der Waals surface area contributed by atoms with Crippen LogP contribution >= 0.6 is 0 Å². The van der Waals surface area contributed by atoms with Crippen LogP contribution in [0.2, 0.25) is 0 Å². The van der Waals surface area contributed by atoms with Gasteiger partial charge in [-0.2, -0.15) is 5.26 Å². The maximum atomic E-state index is 13.0. The van der Waals surface area contributed by atoms with Gasteiger partial charge < -0.3 is 4.90 Å². The van der Waals surface area contributed by atoms with Gasteiger partial charge in [0.1, 0.15) is 5.82 Å². The SMILES string of the molecule is Cc1ccc(F)cc1CN(C)CCC#N. The van der Waals surface area contributed by atoms with Gasteiger partial charge in [-0.1, -0.05) is 6.07 Å². The van der Waals surface area contributed by atoms with Gasteiger partial charge >= 0.3 is 0 Å². The molecular weight excluding hydrogens is 191 g/mol. The molecule has 0 fully saturated rings. The molecule has 1 aromatic carbocycles. The second-order valence-corrected chi connectivity index (χ2v) is 3.72. The van der Waals surface area contributed by atoms with Crippen LogP contribution in [0.3, 0.4) is 0 Å². The molecule has 0 aromatic heterocycles. The smallest absolute Gasteiger partial charge is 0.123 e. The van der Waals surface area contributed by atoms with E-state index in [0.29, 0.717) is 19.5 Å². The van der Waals surface area contributed by atoms with E-state index in [-0.39, 0.29) is 5.82 Å². The molecular formula is C12H15FN2. The van der Waals surface area contributed by atoms with Crippen molar-refractivity contribution in [3.8, 4) is 6.07 Å². The Morgan fingerprint density at radius 3 is 2.87 bits per heavy atom. The zero-order valence-electron chi connectivity index (χ0n) is 9.13. The quantitative estimate of drug-likeness (QED) is 0.756. The molecule has 0 saturated heterocycles. The van der Waals surface area contributed by atoms with Crippen LogP contribution in [0.5, 0.6) is 0 Å². The third kappa shape index (κ3) is 3.69. The summed E-state index contributed by atoms with van der Waals surface area (Å²) in [5.41, 5.74) is 2.07. The van der Waals surface area contributed by atoms with E-state index in [1.807, 2.05) is 18.9 Å². The minimum atomic E-state index is -0.204. The summed E-state index contributed by atoms with van der Waals surface area (Å²) in [5.74, 6) is -0.204. The summed E-state index contributed by atoms with van der Waals surface area (Å²) < 4.78 is 13.0. The second kappa shape index (κ2) is 5.47. The predicted octanol–water partition coefficient (Wildman–Crippen LogP) is 2.48. The van der Waals surface area contributed by atoms with Crippen molar-refractivity contribution in [3.05, 3.63) is 35.1 Å². The summed E-state index contributed by atoms with van der Waals surface area (Å²) in [4.78, 5) is 2.02. The molecule has 0 amide bonds. The number of aryl methyl sites for hydroxylation is 1. The average molecular weight is 206 g/mol. The lowest BCUT2D eigenvalue weighted by Crippen LogP contribution is -2.19. The molecule has 0 saturated carbocycles. The highest BCUT2D eigenvalue weighted by atomic mass is 19.1. The summed E-state index contributed by atoms with van der Waals surface area (Å²) in [6.07, 6.45) is 0.505. The molecule has 0 radical (unpaired) electrons. The first-order valence-corrected chi connectivity index (χ1v) is 4.94. The van der Waals surface area contributed by atoms with Crippen LogP contribution in [-0.4, -0.2) is 18.5 Å². The Hall–Kier alpha value is -1.40. The Balaban J connectivity index is 2.64. The van der Waals surface area contributed by atoms with Gasteiger partial charge in [0.25, 0.3) is 0 Å². The van der Waals surface area contributed by atoms with Crippen LogP contribution in [0.1, 0.15) is 17.5 Å². The summed E-state index contributed by atoms with van der Waals surface area (Å²) in [6.45, 7) is 3.37. The molecule has 0 aliphatic carbocycles. The van der Waals surface area contributed by atoms with Crippen LogP contribution < -0.4 is 0 Å². The van der Waals surface area contributed by atoms with Gasteiger partial charge in [-0.25, -0.2) is 4.39 Å². The lowest BCUT2D eigenvalue weighted by atomic mass is 10.1. The highest BCUT2D eigenvalue weighted by Gasteiger charge is 2.04. The number of nitrogens with zero attached hydrogens (tertiary/aromatic N) is 2. The van der Waals surface area contributed by atoms with Crippen molar-refractivity contribution < 1.29 is 4.39 Å². The molecule has 0 aliphatic heterocycles. The molecule has 1 aromatic rings. The molecule has 0 unspecified atom stereocenters. The van der Waals surface area contributed by atoms with E-state index in [9.17, 15) is 4.39 Å². The Labute approximate surface area is 89.9 Å². The van der Waals surface area contributed by atoms with Crippen LogP contribution in [0.25, 0.3) is 0 Å². The number of halogens is 1. The average Bonchev–Trinajstić information content (AvgIpc) is 2.20. The minimum absolute atomic E-state index is 0.204. The molecule has 0 aliphatic rings. The Bertz CT molecular complexity index is 368. The standard InChI is InChI=1S/C12H15FN2/c1-10-4-5-12(13)8-11(10)9-15(2)7-3-6-14/h4-5,8H,3,7,9H2,1-2H3. The van der Waals surface area contributed by atoms with Gasteiger partial charge in [0, 0.05) is 19.5 Å². The summed E-state index contributed by atoms with van der Waals surface area (Å²) in [6, 6.07) is 6.90. The van der Waals surface area contributed by atoms with Gasteiger partial charge in [0.15, 0.2) is 0 Å². The maximum Gasteiger partial charge on any atom is 0.123 e. The first kappa shape index (κ1) is 11.7. The molecule has 1 rings (SSSR count). The van der Waals surface area contributed by atoms with E-state index in [1.165, 1.54) is 6.07 Å². The van der Waals surface area contributed by atoms with Crippen LogP contribution in [0, 0.1) is 24.1 Å². The number of hydrogen-bond acceptors (Lipinski definition) is 2. The van der Waals surface area contributed by atoms with E-state index in [4.69, 9.17) is 5.26 Å². The van der Waals surface area contributed by atoms with Crippen molar-refractivity contribution in [1.82, 2.24) is 4.90 Å². The number of benzene rings is 1. The van der Waals surface area contributed by atoms with Gasteiger partial charge in [0.2, 0.25) is 0 Å². The molecule has 0 atom stereocenters. The van der Waals surface area contributed by atoms with E-state index < -0.39 is 0 Å². The summed E-state index contributed by atoms with van der Waals surface area (Å²) >= 11 is 0. The van der Waals surface area contributed by atoms with Crippen LogP contribution in [-0.2, 0) is 6.54 Å². The molecule has 0 bridgehead atoms. The molecule has 0 N–H and O–H groups in total.